The second kappa shape index (κ2) is 8.64. The maximum Gasteiger partial charge on any atom is 0.258 e. The Bertz CT molecular complexity index is 1170. The van der Waals surface area contributed by atoms with E-state index in [1.807, 2.05) is 6.92 Å². The Hall–Kier alpha value is -3.24. The smallest absolute Gasteiger partial charge is 0.258 e. The Kier molecular flexibility index (Phi) is 6.18. The molecule has 0 spiro atoms. The average molecular weight is 432 g/mol. The van der Waals surface area contributed by atoms with Crippen LogP contribution in [0.2, 0.25) is 0 Å². The largest absolute Gasteiger partial charge is 0.319 e. The van der Waals surface area contributed by atoms with E-state index in [0.717, 1.165) is 22.0 Å². The zero-order chi connectivity index (χ0) is 21.9. The van der Waals surface area contributed by atoms with Gasteiger partial charge in [0, 0.05) is 25.5 Å². The van der Waals surface area contributed by atoms with Crippen LogP contribution in [0.4, 0.5) is 14.5 Å². The molecule has 30 heavy (non-hydrogen) atoms. The first-order valence-electron chi connectivity index (χ1n) is 8.77. The Morgan fingerprint density at radius 1 is 1.07 bits per heavy atom. The first-order chi connectivity index (χ1) is 14.2. The number of nitrogens with zero attached hydrogens (tertiary/aromatic N) is 3. The summed E-state index contributed by atoms with van der Waals surface area (Å²) in [6, 6.07) is 9.21. The summed E-state index contributed by atoms with van der Waals surface area (Å²) >= 11 is 0. The molecule has 10 heteroatoms. The summed E-state index contributed by atoms with van der Waals surface area (Å²) < 4.78 is 53.0. The molecule has 1 aromatic heterocycles. The molecule has 7 nitrogen and oxygen atoms in total. The lowest BCUT2D eigenvalue weighted by molar-refractivity contribution is 0.102. The van der Waals surface area contributed by atoms with E-state index >= 15 is 0 Å². The number of nitrogens with one attached hydrogen (secondary N) is 1. The van der Waals surface area contributed by atoms with Crippen molar-refractivity contribution in [3.05, 3.63) is 83.4 Å². The molecule has 1 N–H and O–H groups in total. The highest BCUT2D eigenvalue weighted by atomic mass is 32.2. The summed E-state index contributed by atoms with van der Waals surface area (Å²) in [5, 5.41) is 2.30. The van der Waals surface area contributed by atoms with Crippen molar-refractivity contribution in [3.8, 4) is 0 Å². The van der Waals surface area contributed by atoms with Crippen LogP contribution in [0.15, 0.2) is 59.8 Å². The monoisotopic (exact) mass is 432 g/mol. The minimum absolute atomic E-state index is 0.0338. The molecule has 156 valence electrons. The van der Waals surface area contributed by atoms with Gasteiger partial charge < -0.3 is 5.32 Å². The summed E-state index contributed by atoms with van der Waals surface area (Å²) in [4.78, 5) is 20.4. The number of hydrogen-bond acceptors (Lipinski definition) is 5. The number of carbonyl (C=O) groups excluding carboxylic acids is 1. The fourth-order valence-corrected chi connectivity index (χ4v) is 3.64. The van der Waals surface area contributed by atoms with Gasteiger partial charge in [-0.05, 0) is 31.2 Å². The molecule has 0 radical (unpaired) electrons. The van der Waals surface area contributed by atoms with Crippen LogP contribution in [0.5, 0.6) is 0 Å². The van der Waals surface area contributed by atoms with Gasteiger partial charge in [-0.15, -0.1) is 0 Å². The van der Waals surface area contributed by atoms with Crippen molar-refractivity contribution in [2.75, 3.05) is 12.4 Å². The lowest BCUT2D eigenvalue weighted by atomic mass is 10.2. The molecule has 3 aromatic rings. The molecule has 3 rings (SSSR count). The lowest BCUT2D eigenvalue weighted by Crippen LogP contribution is -2.27. The van der Waals surface area contributed by atoms with Gasteiger partial charge >= 0.3 is 0 Å². The number of anilines is 1. The molecule has 0 aliphatic rings. The maximum absolute atomic E-state index is 13.7. The Morgan fingerprint density at radius 2 is 1.70 bits per heavy atom. The van der Waals surface area contributed by atoms with Gasteiger partial charge in [0.25, 0.3) is 5.91 Å². The molecule has 1 heterocycles. The molecule has 0 saturated carbocycles. The van der Waals surface area contributed by atoms with Gasteiger partial charge in [0.05, 0.1) is 22.7 Å². The van der Waals surface area contributed by atoms with E-state index in [4.69, 9.17) is 0 Å². The molecule has 2 aromatic carbocycles. The van der Waals surface area contributed by atoms with Crippen LogP contribution in [0.25, 0.3) is 0 Å². The zero-order valence-corrected chi connectivity index (χ0v) is 17.0. The fraction of sp³-hybridized carbons (Fsp3) is 0.150. The van der Waals surface area contributed by atoms with Crippen molar-refractivity contribution in [2.24, 2.45) is 0 Å². The highest BCUT2D eigenvalue weighted by molar-refractivity contribution is 7.89. The molecule has 0 atom stereocenters. The number of benzene rings is 2. The Balaban J connectivity index is 1.69. The number of aromatic nitrogens is 2. The molecule has 0 bridgehead atoms. The lowest BCUT2D eigenvalue weighted by Gasteiger charge is -2.16. The third-order valence-electron chi connectivity index (χ3n) is 4.24. The summed E-state index contributed by atoms with van der Waals surface area (Å²) in [6.07, 6.45) is 2.40. The van der Waals surface area contributed by atoms with Crippen LogP contribution in [0.1, 0.15) is 21.7 Å². The van der Waals surface area contributed by atoms with Gasteiger partial charge in [-0.25, -0.2) is 27.2 Å². The van der Waals surface area contributed by atoms with E-state index in [9.17, 15) is 22.0 Å². The fourth-order valence-electron chi connectivity index (χ4n) is 2.51. The van der Waals surface area contributed by atoms with Crippen LogP contribution in [-0.2, 0) is 16.6 Å². The normalized spacial score (nSPS) is 11.5. The summed E-state index contributed by atoms with van der Waals surface area (Å²) in [5.74, 6) is -2.18. The number of rotatable bonds is 6. The standard InChI is InChI=1S/C20H18F2N4O3S/c1-13-3-6-16(7-4-13)30(28,29)26(2)12-19-23-10-14(11-24-19)20(27)25-18-8-5-15(21)9-17(18)22/h3-11H,12H2,1-2H3,(H,25,27). The molecule has 0 fully saturated rings. The van der Waals surface area contributed by atoms with E-state index in [0.29, 0.717) is 6.07 Å². The third kappa shape index (κ3) is 4.84. The molecule has 0 unspecified atom stereocenters. The minimum atomic E-state index is -3.73. The van der Waals surface area contributed by atoms with Crippen molar-refractivity contribution in [2.45, 2.75) is 18.4 Å². The van der Waals surface area contributed by atoms with Gasteiger partial charge in [-0.2, -0.15) is 4.31 Å². The first kappa shape index (κ1) is 21.5. The highest BCUT2D eigenvalue weighted by Gasteiger charge is 2.22. The van der Waals surface area contributed by atoms with Crippen LogP contribution in [-0.4, -0.2) is 35.6 Å². The Labute approximate surface area is 172 Å². The molecule has 0 aliphatic carbocycles. The van der Waals surface area contributed by atoms with Crippen molar-refractivity contribution >= 4 is 21.6 Å². The Morgan fingerprint density at radius 3 is 2.30 bits per heavy atom. The average Bonchev–Trinajstić information content (AvgIpc) is 2.71. The molecule has 0 saturated heterocycles. The van der Waals surface area contributed by atoms with E-state index in [1.54, 1.807) is 12.1 Å². The van der Waals surface area contributed by atoms with E-state index in [-0.39, 0.29) is 28.5 Å². The SMILES string of the molecule is Cc1ccc(S(=O)(=O)N(C)Cc2ncc(C(=O)Nc3ccc(F)cc3F)cn2)cc1. The summed E-state index contributed by atoms with van der Waals surface area (Å²) in [7, 11) is -2.33. The van der Waals surface area contributed by atoms with Gasteiger partial charge in [-0.1, -0.05) is 17.7 Å². The number of sulfonamides is 1. The van der Waals surface area contributed by atoms with Crippen LogP contribution < -0.4 is 5.32 Å². The van der Waals surface area contributed by atoms with Crippen molar-refractivity contribution in [3.63, 3.8) is 0 Å². The van der Waals surface area contributed by atoms with E-state index < -0.39 is 27.6 Å². The predicted molar refractivity (Wildman–Crippen MR) is 106 cm³/mol. The first-order valence-corrected chi connectivity index (χ1v) is 10.2. The van der Waals surface area contributed by atoms with Crippen molar-refractivity contribution in [1.29, 1.82) is 0 Å². The molecular formula is C20H18F2N4O3S. The van der Waals surface area contributed by atoms with Gasteiger partial charge in [0.2, 0.25) is 10.0 Å². The number of hydrogen-bond donors (Lipinski definition) is 1. The summed E-state index contributed by atoms with van der Waals surface area (Å²) in [5.41, 5.74) is 0.787. The number of amides is 1. The second-order valence-corrected chi connectivity index (χ2v) is 8.59. The second-order valence-electron chi connectivity index (χ2n) is 6.54. The van der Waals surface area contributed by atoms with Crippen LogP contribution >= 0.6 is 0 Å². The van der Waals surface area contributed by atoms with Gasteiger partial charge in [0.15, 0.2) is 0 Å². The zero-order valence-electron chi connectivity index (χ0n) is 16.1. The van der Waals surface area contributed by atoms with E-state index in [2.05, 4.69) is 15.3 Å². The van der Waals surface area contributed by atoms with Gasteiger partial charge in [0.1, 0.15) is 17.5 Å². The van der Waals surface area contributed by atoms with Crippen LogP contribution in [0.3, 0.4) is 0 Å². The third-order valence-corrected chi connectivity index (χ3v) is 6.06. The van der Waals surface area contributed by atoms with Crippen molar-refractivity contribution in [1.82, 2.24) is 14.3 Å². The van der Waals surface area contributed by atoms with Crippen LogP contribution in [0, 0.1) is 18.6 Å². The summed E-state index contributed by atoms with van der Waals surface area (Å²) in [6.45, 7) is 1.75. The molecular weight excluding hydrogens is 414 g/mol. The minimum Gasteiger partial charge on any atom is -0.319 e. The highest BCUT2D eigenvalue weighted by Crippen LogP contribution is 2.17. The quantitative estimate of drug-likeness (QED) is 0.646. The number of halogens is 2. The maximum atomic E-state index is 13.7. The van der Waals surface area contributed by atoms with Gasteiger partial charge in [-0.3, -0.25) is 4.79 Å². The van der Waals surface area contributed by atoms with Crippen molar-refractivity contribution < 1.29 is 22.0 Å². The number of aryl methyl sites for hydroxylation is 1. The molecule has 0 aliphatic heterocycles. The topological polar surface area (TPSA) is 92.3 Å². The predicted octanol–water partition coefficient (Wildman–Crippen LogP) is 3.14. The molecule has 1 amide bonds. The van der Waals surface area contributed by atoms with E-state index in [1.165, 1.54) is 31.6 Å². The number of carbonyl (C=O) groups is 1.